The van der Waals surface area contributed by atoms with Crippen LogP contribution in [0.2, 0.25) is 5.02 Å². The van der Waals surface area contributed by atoms with Crippen molar-refractivity contribution in [3.05, 3.63) is 45.6 Å². The number of thiophene rings is 1. The molecule has 0 unspecified atom stereocenters. The van der Waals surface area contributed by atoms with Crippen LogP contribution in [0.1, 0.15) is 22.5 Å². The number of ether oxygens (including phenoxy) is 1. The Morgan fingerprint density at radius 3 is 2.65 bits per heavy atom. The van der Waals surface area contributed by atoms with E-state index >= 15 is 0 Å². The molecule has 1 aromatic carbocycles. The highest BCUT2D eigenvalue weighted by Crippen LogP contribution is 2.37. The van der Waals surface area contributed by atoms with E-state index in [2.05, 4.69) is 10.6 Å². The van der Waals surface area contributed by atoms with E-state index in [1.54, 1.807) is 30.3 Å². The first-order valence-corrected chi connectivity index (χ1v) is 8.31. The lowest BCUT2D eigenvalue weighted by Crippen LogP contribution is -2.45. The van der Waals surface area contributed by atoms with Crippen molar-refractivity contribution >= 4 is 40.4 Å². The van der Waals surface area contributed by atoms with Gasteiger partial charge in [-0.15, -0.1) is 11.3 Å². The van der Waals surface area contributed by atoms with Gasteiger partial charge in [0.1, 0.15) is 11.3 Å². The maximum Gasteiger partial charge on any atom is 0.262 e. The number of hydrogen-bond donors (Lipinski definition) is 2. The molecular formula is C16H15ClN2O3S. The fourth-order valence-corrected chi connectivity index (χ4v) is 3.09. The first-order chi connectivity index (χ1) is 11.0. The fraction of sp³-hybridized carbons (Fsp3) is 0.250. The zero-order chi connectivity index (χ0) is 16.4. The second-order valence-corrected chi connectivity index (χ2v) is 6.67. The summed E-state index contributed by atoms with van der Waals surface area (Å²) in [6, 6.07) is 8.55. The molecule has 1 saturated carbocycles. The van der Waals surface area contributed by atoms with Gasteiger partial charge in [-0.25, -0.2) is 0 Å². The van der Waals surface area contributed by atoms with Gasteiger partial charge in [-0.1, -0.05) is 17.7 Å². The van der Waals surface area contributed by atoms with E-state index in [0.29, 0.717) is 34.2 Å². The standard InChI is InChI=1S/C16H15ClN2O3S/c1-22-12-5-4-10(9-11(12)17)18-15(21)16(6-7-16)19-14(20)13-3-2-8-23-13/h2-5,8-9H,6-7H2,1H3,(H,18,21)(H,19,20). The number of carbonyl (C=O) groups excluding carboxylic acids is 2. The van der Waals surface area contributed by atoms with Gasteiger partial charge < -0.3 is 15.4 Å². The van der Waals surface area contributed by atoms with Crippen LogP contribution in [-0.4, -0.2) is 24.5 Å². The summed E-state index contributed by atoms with van der Waals surface area (Å²) >= 11 is 7.40. The molecule has 0 aliphatic heterocycles. The molecule has 2 aromatic rings. The average molecular weight is 351 g/mol. The molecule has 23 heavy (non-hydrogen) atoms. The van der Waals surface area contributed by atoms with Crippen LogP contribution in [0.15, 0.2) is 35.7 Å². The molecule has 5 nitrogen and oxygen atoms in total. The van der Waals surface area contributed by atoms with Crippen LogP contribution < -0.4 is 15.4 Å². The maximum absolute atomic E-state index is 12.5. The molecule has 120 valence electrons. The van der Waals surface area contributed by atoms with Gasteiger partial charge in [-0.2, -0.15) is 0 Å². The van der Waals surface area contributed by atoms with Crippen LogP contribution in [0.4, 0.5) is 5.69 Å². The van der Waals surface area contributed by atoms with Crippen molar-refractivity contribution in [2.24, 2.45) is 0 Å². The zero-order valence-electron chi connectivity index (χ0n) is 12.4. The smallest absolute Gasteiger partial charge is 0.262 e. The minimum absolute atomic E-state index is 0.222. The van der Waals surface area contributed by atoms with Crippen molar-refractivity contribution in [3.8, 4) is 5.75 Å². The number of carbonyl (C=O) groups is 2. The van der Waals surface area contributed by atoms with Crippen molar-refractivity contribution in [1.82, 2.24) is 5.32 Å². The van der Waals surface area contributed by atoms with Crippen LogP contribution in [0.25, 0.3) is 0 Å². The van der Waals surface area contributed by atoms with Gasteiger partial charge >= 0.3 is 0 Å². The average Bonchev–Trinajstić information content (AvgIpc) is 3.10. The number of hydrogen-bond acceptors (Lipinski definition) is 4. The quantitative estimate of drug-likeness (QED) is 0.869. The van der Waals surface area contributed by atoms with Crippen molar-refractivity contribution in [1.29, 1.82) is 0 Å². The maximum atomic E-state index is 12.5. The van der Waals surface area contributed by atoms with Crippen LogP contribution >= 0.6 is 22.9 Å². The fourth-order valence-electron chi connectivity index (χ4n) is 2.22. The van der Waals surface area contributed by atoms with Crippen LogP contribution in [-0.2, 0) is 4.79 Å². The highest BCUT2D eigenvalue weighted by atomic mass is 35.5. The summed E-state index contributed by atoms with van der Waals surface area (Å²) in [6.45, 7) is 0. The molecule has 1 aliphatic carbocycles. The highest BCUT2D eigenvalue weighted by Gasteiger charge is 2.51. The van der Waals surface area contributed by atoms with Crippen molar-refractivity contribution < 1.29 is 14.3 Å². The Bertz CT molecular complexity index is 742. The third-order valence-electron chi connectivity index (χ3n) is 3.69. The van der Waals surface area contributed by atoms with Gasteiger partial charge in [0.15, 0.2) is 0 Å². The van der Waals surface area contributed by atoms with Crippen LogP contribution in [0.3, 0.4) is 0 Å². The number of rotatable bonds is 5. The SMILES string of the molecule is COc1ccc(NC(=O)C2(NC(=O)c3cccs3)CC2)cc1Cl. The van der Waals surface area contributed by atoms with E-state index < -0.39 is 5.54 Å². The summed E-state index contributed by atoms with van der Waals surface area (Å²) in [6.07, 6.45) is 1.25. The van der Waals surface area contributed by atoms with E-state index in [4.69, 9.17) is 16.3 Å². The topological polar surface area (TPSA) is 67.4 Å². The molecule has 7 heteroatoms. The van der Waals surface area contributed by atoms with Crippen LogP contribution in [0.5, 0.6) is 5.75 Å². The second kappa shape index (κ2) is 6.22. The van der Waals surface area contributed by atoms with Crippen molar-refractivity contribution in [2.75, 3.05) is 12.4 Å². The minimum Gasteiger partial charge on any atom is -0.495 e. The Morgan fingerprint density at radius 1 is 1.30 bits per heavy atom. The van der Waals surface area contributed by atoms with E-state index in [-0.39, 0.29) is 11.8 Å². The lowest BCUT2D eigenvalue weighted by Gasteiger charge is -2.17. The molecule has 3 rings (SSSR count). The first-order valence-electron chi connectivity index (χ1n) is 7.05. The van der Waals surface area contributed by atoms with Crippen molar-refractivity contribution in [3.63, 3.8) is 0 Å². The van der Waals surface area contributed by atoms with E-state index in [1.807, 2.05) is 5.38 Å². The summed E-state index contributed by atoms with van der Waals surface area (Å²) in [5.41, 5.74) is -0.259. The Labute approximate surface area is 142 Å². The molecular weight excluding hydrogens is 336 g/mol. The number of anilines is 1. The number of methoxy groups -OCH3 is 1. The summed E-state index contributed by atoms with van der Waals surface area (Å²) in [4.78, 5) is 25.2. The van der Waals surface area contributed by atoms with Gasteiger partial charge in [0.05, 0.1) is 17.0 Å². The Balaban J connectivity index is 1.68. The summed E-state index contributed by atoms with van der Waals surface area (Å²) in [7, 11) is 1.53. The third-order valence-corrected chi connectivity index (χ3v) is 4.86. The van der Waals surface area contributed by atoms with Gasteiger partial charge in [0, 0.05) is 5.69 Å². The lowest BCUT2D eigenvalue weighted by atomic mass is 10.2. The molecule has 0 spiro atoms. The van der Waals surface area contributed by atoms with Crippen LogP contribution in [0, 0.1) is 0 Å². The Kier molecular flexibility index (Phi) is 4.28. The minimum atomic E-state index is -0.826. The number of nitrogens with one attached hydrogen (secondary N) is 2. The van der Waals surface area contributed by atoms with Gasteiger partial charge in [0.25, 0.3) is 5.91 Å². The Morgan fingerprint density at radius 2 is 2.09 bits per heavy atom. The molecule has 1 aliphatic rings. The molecule has 2 amide bonds. The molecule has 0 bridgehead atoms. The normalized spacial score (nSPS) is 14.9. The van der Waals surface area contributed by atoms with E-state index in [0.717, 1.165) is 0 Å². The van der Waals surface area contributed by atoms with Crippen molar-refractivity contribution in [2.45, 2.75) is 18.4 Å². The lowest BCUT2D eigenvalue weighted by molar-refractivity contribution is -0.118. The molecule has 1 heterocycles. The summed E-state index contributed by atoms with van der Waals surface area (Å²) in [5, 5.41) is 7.87. The summed E-state index contributed by atoms with van der Waals surface area (Å²) < 4.78 is 5.08. The van der Waals surface area contributed by atoms with E-state index in [9.17, 15) is 9.59 Å². The summed E-state index contributed by atoms with van der Waals surface area (Å²) in [5.74, 6) is 0.0841. The monoisotopic (exact) mass is 350 g/mol. The van der Waals surface area contributed by atoms with Gasteiger partial charge in [-0.3, -0.25) is 9.59 Å². The zero-order valence-corrected chi connectivity index (χ0v) is 14.0. The molecule has 0 atom stereocenters. The molecule has 0 saturated heterocycles. The second-order valence-electron chi connectivity index (χ2n) is 5.32. The largest absolute Gasteiger partial charge is 0.495 e. The predicted molar refractivity (Wildman–Crippen MR) is 90.4 cm³/mol. The van der Waals surface area contributed by atoms with Gasteiger partial charge in [0.2, 0.25) is 5.91 Å². The highest BCUT2D eigenvalue weighted by molar-refractivity contribution is 7.12. The molecule has 1 fully saturated rings. The molecule has 0 radical (unpaired) electrons. The number of benzene rings is 1. The van der Waals surface area contributed by atoms with E-state index in [1.165, 1.54) is 18.4 Å². The number of halogens is 1. The third kappa shape index (κ3) is 3.33. The predicted octanol–water partition coefficient (Wildman–Crippen LogP) is 3.31. The first kappa shape index (κ1) is 15.8. The molecule has 2 N–H and O–H groups in total. The number of amides is 2. The van der Waals surface area contributed by atoms with Gasteiger partial charge in [-0.05, 0) is 42.5 Å². The Hall–Kier alpha value is -2.05. The molecule has 1 aromatic heterocycles.